The average Bonchev–Trinajstić information content (AvgIpc) is 3.02. The van der Waals surface area contributed by atoms with Gasteiger partial charge in [0.1, 0.15) is 5.01 Å². The van der Waals surface area contributed by atoms with Crippen LogP contribution in [0, 0.1) is 13.8 Å². The molecule has 2 rings (SSSR count). The minimum absolute atomic E-state index is 0.0208. The van der Waals surface area contributed by atoms with Crippen LogP contribution in [0.2, 0.25) is 0 Å². The number of nitrogens with one attached hydrogen (secondary N) is 3. The van der Waals surface area contributed by atoms with Gasteiger partial charge < -0.3 is 16.0 Å². The lowest BCUT2D eigenvalue weighted by atomic mass is 10.1. The zero-order valence-electron chi connectivity index (χ0n) is 17.3. The van der Waals surface area contributed by atoms with E-state index in [1.54, 1.807) is 11.3 Å². The van der Waals surface area contributed by atoms with E-state index in [0.717, 1.165) is 48.2 Å². The van der Waals surface area contributed by atoms with Gasteiger partial charge in [0.2, 0.25) is 0 Å². The molecule has 2 aromatic rings. The molecule has 6 nitrogen and oxygen atoms in total. The second-order valence-electron chi connectivity index (χ2n) is 6.60. The largest absolute Gasteiger partial charge is 0.357 e. The van der Waals surface area contributed by atoms with Gasteiger partial charge in [0.05, 0.1) is 18.8 Å². The van der Waals surface area contributed by atoms with Crippen LogP contribution >= 0.6 is 11.3 Å². The van der Waals surface area contributed by atoms with E-state index in [1.807, 2.05) is 38.1 Å². The highest BCUT2D eigenvalue weighted by molar-refractivity contribution is 7.11. The van der Waals surface area contributed by atoms with Gasteiger partial charge in [-0.2, -0.15) is 0 Å². The van der Waals surface area contributed by atoms with Gasteiger partial charge >= 0.3 is 0 Å². The minimum atomic E-state index is -0.0208. The second-order valence-corrected chi connectivity index (χ2v) is 7.89. The molecular weight excluding hydrogens is 370 g/mol. The number of hydrogen-bond donors (Lipinski definition) is 3. The molecule has 0 spiro atoms. The molecular formula is C21H31N5OS. The molecule has 0 atom stereocenters. The van der Waals surface area contributed by atoms with Gasteiger partial charge in [0.25, 0.3) is 5.91 Å². The normalized spacial score (nSPS) is 11.4. The molecule has 0 unspecified atom stereocenters. The summed E-state index contributed by atoms with van der Waals surface area (Å²) in [6.45, 7) is 11.0. The Bertz CT molecular complexity index is 763. The van der Waals surface area contributed by atoms with Gasteiger partial charge in [-0.25, -0.2) is 9.98 Å². The van der Waals surface area contributed by atoms with E-state index < -0.39 is 0 Å². The van der Waals surface area contributed by atoms with E-state index in [1.165, 1.54) is 4.88 Å². The van der Waals surface area contributed by atoms with E-state index in [-0.39, 0.29) is 5.91 Å². The SMILES string of the molecule is CCCCNC(=O)c1ccc(CN=C(NCC)NCc2nc(C)c(C)s2)cc1. The molecule has 0 saturated heterocycles. The van der Waals surface area contributed by atoms with Crippen LogP contribution in [-0.2, 0) is 13.1 Å². The predicted molar refractivity (Wildman–Crippen MR) is 117 cm³/mol. The zero-order chi connectivity index (χ0) is 20.4. The molecule has 0 aliphatic rings. The minimum Gasteiger partial charge on any atom is -0.357 e. The van der Waals surface area contributed by atoms with E-state index in [9.17, 15) is 4.79 Å². The van der Waals surface area contributed by atoms with Gasteiger partial charge in [-0.15, -0.1) is 11.3 Å². The standard InChI is InChI=1S/C21H31N5OS/c1-5-7-12-23-20(27)18-10-8-17(9-11-18)13-24-21(22-6-2)25-14-19-26-15(3)16(4)28-19/h8-11H,5-7,12-14H2,1-4H3,(H,23,27)(H2,22,24,25). The summed E-state index contributed by atoms with van der Waals surface area (Å²) in [7, 11) is 0. The lowest BCUT2D eigenvalue weighted by Gasteiger charge is -2.10. The Labute approximate surface area is 171 Å². The van der Waals surface area contributed by atoms with Crippen molar-refractivity contribution in [1.29, 1.82) is 0 Å². The fourth-order valence-corrected chi connectivity index (χ4v) is 3.40. The maximum absolute atomic E-state index is 12.1. The number of rotatable bonds is 9. The van der Waals surface area contributed by atoms with E-state index in [4.69, 9.17) is 0 Å². The number of unbranched alkanes of at least 4 members (excludes halogenated alkanes) is 1. The van der Waals surface area contributed by atoms with Crippen LogP contribution in [0.5, 0.6) is 0 Å². The fourth-order valence-electron chi connectivity index (χ4n) is 2.53. The van der Waals surface area contributed by atoms with Crippen molar-refractivity contribution in [2.75, 3.05) is 13.1 Å². The zero-order valence-corrected chi connectivity index (χ0v) is 18.1. The summed E-state index contributed by atoms with van der Waals surface area (Å²) in [4.78, 5) is 22.5. The molecule has 0 bridgehead atoms. The Balaban J connectivity index is 1.91. The lowest BCUT2D eigenvalue weighted by Crippen LogP contribution is -2.36. The number of aromatic nitrogens is 1. The third-order valence-corrected chi connectivity index (χ3v) is 5.35. The Morgan fingerprint density at radius 3 is 2.46 bits per heavy atom. The molecule has 3 N–H and O–H groups in total. The van der Waals surface area contributed by atoms with Crippen molar-refractivity contribution < 1.29 is 4.79 Å². The highest BCUT2D eigenvalue weighted by Gasteiger charge is 2.06. The molecule has 0 saturated carbocycles. The van der Waals surface area contributed by atoms with Crippen LogP contribution in [-0.4, -0.2) is 29.9 Å². The van der Waals surface area contributed by atoms with Crippen LogP contribution in [0.4, 0.5) is 0 Å². The summed E-state index contributed by atoms with van der Waals surface area (Å²) >= 11 is 1.71. The molecule has 0 aliphatic heterocycles. The Morgan fingerprint density at radius 2 is 1.86 bits per heavy atom. The summed E-state index contributed by atoms with van der Waals surface area (Å²) < 4.78 is 0. The third kappa shape index (κ3) is 6.96. The number of aryl methyl sites for hydroxylation is 2. The first-order valence-corrected chi connectivity index (χ1v) is 10.7. The molecule has 0 radical (unpaired) electrons. The summed E-state index contributed by atoms with van der Waals surface area (Å²) in [5.74, 6) is 0.738. The lowest BCUT2D eigenvalue weighted by molar-refractivity contribution is 0.0953. The van der Waals surface area contributed by atoms with E-state index >= 15 is 0 Å². The first kappa shape index (κ1) is 21.9. The number of carbonyl (C=O) groups excluding carboxylic acids is 1. The van der Waals surface area contributed by atoms with Crippen LogP contribution in [0.25, 0.3) is 0 Å². The summed E-state index contributed by atoms with van der Waals surface area (Å²) in [6.07, 6.45) is 2.07. The van der Waals surface area contributed by atoms with Crippen molar-refractivity contribution in [3.63, 3.8) is 0 Å². The van der Waals surface area contributed by atoms with E-state index in [2.05, 4.69) is 39.8 Å². The molecule has 0 aliphatic carbocycles. The van der Waals surface area contributed by atoms with Crippen LogP contribution in [0.15, 0.2) is 29.3 Å². The number of amides is 1. The topological polar surface area (TPSA) is 78.4 Å². The van der Waals surface area contributed by atoms with Crippen LogP contribution in [0.3, 0.4) is 0 Å². The molecule has 28 heavy (non-hydrogen) atoms. The van der Waals surface area contributed by atoms with E-state index in [0.29, 0.717) is 18.7 Å². The van der Waals surface area contributed by atoms with Gasteiger partial charge in [-0.1, -0.05) is 25.5 Å². The Kier molecular flexibility index (Phi) is 8.94. The smallest absolute Gasteiger partial charge is 0.251 e. The first-order valence-electron chi connectivity index (χ1n) is 9.85. The third-order valence-electron chi connectivity index (χ3n) is 4.28. The number of hydrogen-bond acceptors (Lipinski definition) is 4. The highest BCUT2D eigenvalue weighted by Crippen LogP contribution is 2.15. The van der Waals surface area contributed by atoms with Crippen molar-refractivity contribution in [1.82, 2.24) is 20.9 Å². The van der Waals surface area contributed by atoms with Crippen molar-refractivity contribution in [3.05, 3.63) is 51.0 Å². The number of thiazole rings is 1. The Morgan fingerprint density at radius 1 is 1.11 bits per heavy atom. The predicted octanol–water partition coefficient (Wildman–Crippen LogP) is 3.55. The molecule has 1 aromatic carbocycles. The summed E-state index contributed by atoms with van der Waals surface area (Å²) in [5.41, 5.74) is 2.83. The highest BCUT2D eigenvalue weighted by atomic mass is 32.1. The van der Waals surface area contributed by atoms with Gasteiger partial charge in [-0.05, 0) is 44.9 Å². The maximum Gasteiger partial charge on any atom is 0.251 e. The molecule has 1 amide bonds. The summed E-state index contributed by atoms with van der Waals surface area (Å²) in [5, 5.41) is 10.6. The summed E-state index contributed by atoms with van der Waals surface area (Å²) in [6, 6.07) is 7.62. The maximum atomic E-state index is 12.1. The van der Waals surface area contributed by atoms with Crippen molar-refractivity contribution in [3.8, 4) is 0 Å². The number of nitrogens with zero attached hydrogens (tertiary/aromatic N) is 2. The van der Waals surface area contributed by atoms with Gasteiger partial charge in [-0.3, -0.25) is 4.79 Å². The molecule has 7 heteroatoms. The molecule has 1 heterocycles. The monoisotopic (exact) mass is 401 g/mol. The molecule has 0 fully saturated rings. The molecule has 1 aromatic heterocycles. The van der Waals surface area contributed by atoms with Crippen LogP contribution < -0.4 is 16.0 Å². The number of aliphatic imine (C=N–C) groups is 1. The van der Waals surface area contributed by atoms with Crippen molar-refractivity contribution >= 4 is 23.2 Å². The number of guanidine groups is 1. The average molecular weight is 402 g/mol. The number of benzene rings is 1. The van der Waals surface area contributed by atoms with Crippen molar-refractivity contribution in [2.24, 2.45) is 4.99 Å². The number of carbonyl (C=O) groups is 1. The van der Waals surface area contributed by atoms with Crippen LogP contribution in [0.1, 0.15) is 58.2 Å². The fraction of sp³-hybridized carbons (Fsp3) is 0.476. The van der Waals surface area contributed by atoms with Gasteiger partial charge in [0, 0.05) is 23.5 Å². The molecule has 152 valence electrons. The first-order chi connectivity index (χ1) is 13.5. The Hall–Kier alpha value is -2.41. The van der Waals surface area contributed by atoms with Gasteiger partial charge in [0.15, 0.2) is 5.96 Å². The quantitative estimate of drug-likeness (QED) is 0.341. The van der Waals surface area contributed by atoms with Crippen molar-refractivity contribution in [2.45, 2.75) is 53.6 Å². The second kappa shape index (κ2) is 11.4.